The SMILES string of the molecule is Cn1cc(OC[C@H](O)C[NH2+]C(C)(C)C)c2ccccc2c1=O. The van der Waals surface area contributed by atoms with Crippen molar-refractivity contribution in [3.8, 4) is 5.75 Å². The summed E-state index contributed by atoms with van der Waals surface area (Å²) in [5.41, 5.74) is 0.0224. The molecule has 0 aliphatic carbocycles. The van der Waals surface area contributed by atoms with Gasteiger partial charge in [0.25, 0.3) is 5.56 Å². The zero-order valence-corrected chi connectivity index (χ0v) is 13.7. The Labute approximate surface area is 130 Å². The minimum Gasteiger partial charge on any atom is -0.488 e. The highest BCUT2D eigenvalue weighted by Crippen LogP contribution is 2.22. The van der Waals surface area contributed by atoms with Crippen LogP contribution < -0.4 is 15.6 Å². The molecule has 0 unspecified atom stereocenters. The number of aliphatic hydroxyl groups is 1. The Balaban J connectivity index is 2.12. The third-order valence-corrected chi connectivity index (χ3v) is 3.49. The van der Waals surface area contributed by atoms with Crippen LogP contribution in [-0.4, -0.2) is 34.5 Å². The van der Waals surface area contributed by atoms with Gasteiger partial charge in [0.05, 0.1) is 10.9 Å². The van der Waals surface area contributed by atoms with E-state index in [9.17, 15) is 9.90 Å². The summed E-state index contributed by atoms with van der Waals surface area (Å²) in [6.45, 7) is 7.07. The first-order valence-corrected chi connectivity index (χ1v) is 7.51. The van der Waals surface area contributed by atoms with Crippen LogP contribution >= 0.6 is 0 Å². The number of aliphatic hydroxyl groups excluding tert-OH is 1. The van der Waals surface area contributed by atoms with Gasteiger partial charge in [0, 0.05) is 18.6 Å². The van der Waals surface area contributed by atoms with E-state index in [4.69, 9.17) is 4.74 Å². The van der Waals surface area contributed by atoms with Gasteiger partial charge in [-0.3, -0.25) is 4.79 Å². The molecule has 0 saturated heterocycles. The van der Waals surface area contributed by atoms with Crippen LogP contribution in [-0.2, 0) is 7.05 Å². The van der Waals surface area contributed by atoms with Gasteiger partial charge in [-0.1, -0.05) is 18.2 Å². The molecule has 0 fully saturated rings. The molecule has 0 amide bonds. The van der Waals surface area contributed by atoms with E-state index in [2.05, 4.69) is 26.1 Å². The molecule has 5 nitrogen and oxygen atoms in total. The first-order valence-electron chi connectivity index (χ1n) is 7.51. The molecule has 3 N–H and O–H groups in total. The zero-order chi connectivity index (χ0) is 16.3. The van der Waals surface area contributed by atoms with Crippen LogP contribution in [0.1, 0.15) is 20.8 Å². The number of pyridine rings is 1. The molecular formula is C17H25N2O3+. The van der Waals surface area contributed by atoms with Crippen LogP contribution in [0.15, 0.2) is 35.3 Å². The molecule has 22 heavy (non-hydrogen) atoms. The van der Waals surface area contributed by atoms with Gasteiger partial charge in [0.15, 0.2) is 0 Å². The number of hydrogen-bond acceptors (Lipinski definition) is 3. The van der Waals surface area contributed by atoms with Crippen molar-refractivity contribution in [2.75, 3.05) is 13.2 Å². The molecule has 0 aliphatic heterocycles. The second-order valence-electron chi connectivity index (χ2n) is 6.73. The van der Waals surface area contributed by atoms with Crippen LogP contribution in [0.25, 0.3) is 10.8 Å². The zero-order valence-electron chi connectivity index (χ0n) is 13.7. The second kappa shape index (κ2) is 6.50. The number of hydrogen-bond donors (Lipinski definition) is 2. The van der Waals surface area contributed by atoms with Crippen molar-refractivity contribution < 1.29 is 15.2 Å². The van der Waals surface area contributed by atoms with Crippen molar-refractivity contribution in [3.63, 3.8) is 0 Å². The Bertz CT molecular complexity index is 701. The topological polar surface area (TPSA) is 68.1 Å². The van der Waals surface area contributed by atoms with Gasteiger partial charge in [-0.05, 0) is 26.8 Å². The molecule has 1 aromatic carbocycles. The number of aryl methyl sites for hydroxylation is 1. The number of ether oxygens (including phenoxy) is 1. The second-order valence-corrected chi connectivity index (χ2v) is 6.73. The van der Waals surface area contributed by atoms with E-state index in [0.29, 0.717) is 17.7 Å². The molecule has 1 heterocycles. The van der Waals surface area contributed by atoms with Crippen molar-refractivity contribution in [1.82, 2.24) is 4.57 Å². The highest BCUT2D eigenvalue weighted by molar-refractivity contribution is 5.87. The number of aromatic nitrogens is 1. The fourth-order valence-corrected chi connectivity index (χ4v) is 2.24. The van der Waals surface area contributed by atoms with Gasteiger partial charge >= 0.3 is 0 Å². The number of nitrogens with zero attached hydrogens (tertiary/aromatic N) is 1. The molecule has 1 aromatic heterocycles. The Kier molecular flexibility index (Phi) is 4.88. The Hall–Kier alpha value is -1.85. The van der Waals surface area contributed by atoms with Crippen molar-refractivity contribution in [1.29, 1.82) is 0 Å². The molecule has 2 rings (SSSR count). The van der Waals surface area contributed by atoms with Crippen molar-refractivity contribution in [2.45, 2.75) is 32.4 Å². The summed E-state index contributed by atoms with van der Waals surface area (Å²) in [6.07, 6.45) is 1.11. The highest BCUT2D eigenvalue weighted by atomic mass is 16.5. The third-order valence-electron chi connectivity index (χ3n) is 3.49. The van der Waals surface area contributed by atoms with E-state index in [0.717, 1.165) is 5.39 Å². The van der Waals surface area contributed by atoms with Crippen molar-refractivity contribution in [2.24, 2.45) is 7.05 Å². The number of fused-ring (bicyclic) bond motifs is 1. The lowest BCUT2D eigenvalue weighted by molar-refractivity contribution is -0.722. The summed E-state index contributed by atoms with van der Waals surface area (Å²) < 4.78 is 7.26. The number of benzene rings is 1. The van der Waals surface area contributed by atoms with Crippen LogP contribution in [0.4, 0.5) is 0 Å². The minimum absolute atomic E-state index is 0.0513. The van der Waals surface area contributed by atoms with Gasteiger partial charge in [-0.15, -0.1) is 0 Å². The monoisotopic (exact) mass is 305 g/mol. The van der Waals surface area contributed by atoms with Crippen LogP contribution in [0.5, 0.6) is 5.75 Å². The Morgan fingerprint density at radius 3 is 2.55 bits per heavy atom. The van der Waals surface area contributed by atoms with Gasteiger partial charge < -0.3 is 19.7 Å². The lowest BCUT2D eigenvalue weighted by Crippen LogP contribution is -2.96. The smallest absolute Gasteiger partial charge is 0.258 e. The van der Waals surface area contributed by atoms with Crippen LogP contribution in [0.2, 0.25) is 0 Å². The molecule has 1 atom stereocenters. The van der Waals surface area contributed by atoms with E-state index in [1.54, 1.807) is 19.3 Å². The average molecular weight is 305 g/mol. The molecule has 120 valence electrons. The van der Waals surface area contributed by atoms with E-state index in [1.165, 1.54) is 4.57 Å². The predicted octanol–water partition coefficient (Wildman–Crippen LogP) is 0.640. The maximum atomic E-state index is 12.1. The number of quaternary nitrogens is 1. The number of nitrogens with two attached hydrogens (primary N) is 1. The summed E-state index contributed by atoms with van der Waals surface area (Å²) in [5, 5.41) is 13.5. The van der Waals surface area contributed by atoms with E-state index < -0.39 is 6.10 Å². The predicted molar refractivity (Wildman–Crippen MR) is 87.2 cm³/mol. The van der Waals surface area contributed by atoms with Gasteiger partial charge in [0.2, 0.25) is 0 Å². The molecular weight excluding hydrogens is 280 g/mol. The first kappa shape index (κ1) is 16.5. The van der Waals surface area contributed by atoms with Gasteiger partial charge in [-0.25, -0.2) is 0 Å². The Morgan fingerprint density at radius 1 is 1.27 bits per heavy atom. The fourth-order valence-electron chi connectivity index (χ4n) is 2.24. The largest absolute Gasteiger partial charge is 0.488 e. The summed E-state index contributed by atoms with van der Waals surface area (Å²) in [4.78, 5) is 12.1. The van der Waals surface area contributed by atoms with E-state index in [-0.39, 0.29) is 17.7 Å². The minimum atomic E-state index is -0.560. The highest BCUT2D eigenvalue weighted by Gasteiger charge is 2.17. The summed E-state index contributed by atoms with van der Waals surface area (Å²) in [5.74, 6) is 0.618. The van der Waals surface area contributed by atoms with Crippen LogP contribution in [0.3, 0.4) is 0 Å². The molecule has 2 aromatic rings. The lowest BCUT2D eigenvalue weighted by Gasteiger charge is -2.20. The quantitative estimate of drug-likeness (QED) is 0.852. The maximum Gasteiger partial charge on any atom is 0.258 e. The normalized spacial score (nSPS) is 13.3. The summed E-state index contributed by atoms with van der Waals surface area (Å²) >= 11 is 0. The molecule has 0 radical (unpaired) electrons. The average Bonchev–Trinajstić information content (AvgIpc) is 2.47. The van der Waals surface area contributed by atoms with E-state index >= 15 is 0 Å². The molecule has 0 spiro atoms. The van der Waals surface area contributed by atoms with Crippen LogP contribution in [0, 0.1) is 0 Å². The summed E-state index contributed by atoms with van der Waals surface area (Å²) in [7, 11) is 1.70. The molecule has 0 bridgehead atoms. The lowest BCUT2D eigenvalue weighted by atomic mass is 10.1. The number of rotatable bonds is 5. The maximum absolute atomic E-state index is 12.1. The fraction of sp³-hybridized carbons (Fsp3) is 0.471. The standard InChI is InChI=1S/C17H24N2O3/c1-17(2,3)18-9-12(20)11-22-15-10-19(4)16(21)14-8-6-5-7-13(14)15/h5-8,10,12,18,20H,9,11H2,1-4H3/p+1/t12-/m1/s1. The third kappa shape index (κ3) is 4.08. The Morgan fingerprint density at radius 2 is 1.91 bits per heavy atom. The van der Waals surface area contributed by atoms with Gasteiger partial charge in [0.1, 0.15) is 25.0 Å². The summed E-state index contributed by atoms with van der Waals surface area (Å²) in [6, 6.07) is 7.35. The molecule has 5 heteroatoms. The molecule has 0 aliphatic rings. The van der Waals surface area contributed by atoms with Gasteiger partial charge in [-0.2, -0.15) is 0 Å². The first-order chi connectivity index (χ1) is 10.3. The van der Waals surface area contributed by atoms with E-state index in [1.807, 2.05) is 18.2 Å². The van der Waals surface area contributed by atoms with Crippen molar-refractivity contribution >= 4 is 10.8 Å². The molecule has 0 saturated carbocycles. The van der Waals surface area contributed by atoms with Crippen molar-refractivity contribution in [3.05, 3.63) is 40.8 Å².